The molecule has 1 saturated heterocycles. The summed E-state index contributed by atoms with van der Waals surface area (Å²) in [4.78, 5) is 35.7. The van der Waals surface area contributed by atoms with Crippen molar-refractivity contribution in [2.75, 3.05) is 13.2 Å². The predicted molar refractivity (Wildman–Crippen MR) is 248 cm³/mol. The molecule has 8 unspecified atom stereocenters. The van der Waals surface area contributed by atoms with Gasteiger partial charge in [-0.3, -0.25) is 18.6 Å². The first-order chi connectivity index (χ1) is 30.9. The molecule has 0 aromatic carbocycles. The third kappa shape index (κ3) is 27.0. The fraction of sp³-hybridized carbons (Fsp3) is 0.714. The molecule has 0 bridgehead atoms. The Kier molecular flexibility index (Phi) is 31.8. The number of aliphatic hydroxyl groups is 5. The Morgan fingerprint density at radius 3 is 1.62 bits per heavy atom. The third-order valence-electron chi connectivity index (χ3n) is 10.9. The average Bonchev–Trinajstić information content (AvgIpc) is 4.03. The van der Waals surface area contributed by atoms with Crippen molar-refractivity contribution < 1.29 is 67.8 Å². The number of phosphoric acid groups is 1. The van der Waals surface area contributed by atoms with Crippen LogP contribution in [0.4, 0.5) is 0 Å². The zero-order valence-electron chi connectivity index (χ0n) is 38.5. The van der Waals surface area contributed by atoms with Gasteiger partial charge in [0.05, 0.1) is 18.8 Å². The fourth-order valence-electron chi connectivity index (χ4n) is 7.00. The Morgan fingerprint density at radius 2 is 1.05 bits per heavy atom. The first kappa shape index (κ1) is 57.4. The van der Waals surface area contributed by atoms with Crippen molar-refractivity contribution >= 4 is 19.8 Å². The summed E-state index contributed by atoms with van der Waals surface area (Å²) in [5.41, 5.74) is 0. The minimum Gasteiger partial charge on any atom is -0.462 e. The molecule has 2 aliphatic rings. The molecule has 14 nitrogen and oxygen atoms in total. The molecule has 6 N–H and O–H groups in total. The molecule has 2 fully saturated rings. The monoisotopic (exact) mass is 925 g/mol. The number of allylic oxidation sites excluding steroid dienone is 10. The van der Waals surface area contributed by atoms with Gasteiger partial charge in [0, 0.05) is 12.8 Å². The zero-order valence-corrected chi connectivity index (χ0v) is 39.4. The normalized spacial score (nSPS) is 25.4. The average molecular weight is 925 g/mol. The quantitative estimate of drug-likeness (QED) is 0.0113. The molecule has 0 radical (unpaired) electrons. The van der Waals surface area contributed by atoms with Gasteiger partial charge in [0.25, 0.3) is 0 Å². The number of phosphoric ester groups is 1. The van der Waals surface area contributed by atoms with Crippen LogP contribution in [-0.4, -0.2) is 111 Å². The Balaban J connectivity index is 1.73. The van der Waals surface area contributed by atoms with Crippen molar-refractivity contribution in [3.05, 3.63) is 72.9 Å². The number of rotatable bonds is 37. The lowest BCUT2D eigenvalue weighted by Crippen LogP contribution is -2.64. The molecule has 0 aromatic rings. The van der Waals surface area contributed by atoms with Crippen molar-refractivity contribution in [3.63, 3.8) is 0 Å². The second-order valence-electron chi connectivity index (χ2n) is 16.6. The van der Waals surface area contributed by atoms with Crippen molar-refractivity contribution in [3.8, 4) is 0 Å². The van der Waals surface area contributed by atoms with E-state index in [-0.39, 0.29) is 12.8 Å². The summed E-state index contributed by atoms with van der Waals surface area (Å²) in [7, 11) is -5.15. The third-order valence-corrected chi connectivity index (χ3v) is 11.9. The van der Waals surface area contributed by atoms with Gasteiger partial charge in [-0.1, -0.05) is 138 Å². The van der Waals surface area contributed by atoms with E-state index in [1.165, 1.54) is 38.5 Å². The summed E-state index contributed by atoms with van der Waals surface area (Å²) in [6.07, 6.45) is 32.9. The van der Waals surface area contributed by atoms with E-state index in [0.717, 1.165) is 70.6 Å². The van der Waals surface area contributed by atoms with E-state index in [9.17, 15) is 44.6 Å². The van der Waals surface area contributed by atoms with Crippen LogP contribution in [0.5, 0.6) is 0 Å². The lowest BCUT2D eigenvalue weighted by molar-refractivity contribution is -0.220. The molecule has 15 heteroatoms. The van der Waals surface area contributed by atoms with Gasteiger partial charge in [0.2, 0.25) is 0 Å². The topological polar surface area (TPSA) is 222 Å². The summed E-state index contributed by atoms with van der Waals surface area (Å²) in [5.74, 6) is -1.22. The van der Waals surface area contributed by atoms with Crippen LogP contribution in [0.15, 0.2) is 72.9 Å². The van der Waals surface area contributed by atoms with E-state index in [1.54, 1.807) is 0 Å². The van der Waals surface area contributed by atoms with Gasteiger partial charge in [0.1, 0.15) is 43.2 Å². The molecule has 0 spiro atoms. The van der Waals surface area contributed by atoms with Crippen molar-refractivity contribution in [1.82, 2.24) is 0 Å². The van der Waals surface area contributed by atoms with Gasteiger partial charge in [0.15, 0.2) is 6.10 Å². The van der Waals surface area contributed by atoms with Crippen LogP contribution < -0.4 is 0 Å². The molecule has 1 aliphatic heterocycles. The summed E-state index contributed by atoms with van der Waals surface area (Å²) in [6.45, 7) is 3.10. The number of unbranched alkanes of at least 4 members (excludes halogenated alkanes) is 11. The Hall–Kier alpha value is -2.75. The first-order valence-electron chi connectivity index (χ1n) is 23.9. The SMILES string of the molecule is CCC=CCC1OC1CC=CCC=CCC=CCC=CCCC(=O)OC(COC(=O)CCCCCCCC=CCCCCCCCC)COP(=O)(O)OC1C(O)C(O)C(O)C(O)C1O. The highest BCUT2D eigenvalue weighted by Gasteiger charge is 2.51. The maximum absolute atomic E-state index is 12.8. The van der Waals surface area contributed by atoms with Crippen molar-refractivity contribution in [2.45, 2.75) is 210 Å². The smallest absolute Gasteiger partial charge is 0.462 e. The van der Waals surface area contributed by atoms with Gasteiger partial charge in [-0.25, -0.2) is 4.57 Å². The van der Waals surface area contributed by atoms with E-state index in [1.807, 2.05) is 18.2 Å². The van der Waals surface area contributed by atoms with E-state index >= 15 is 0 Å². The van der Waals surface area contributed by atoms with Crippen LogP contribution in [0, 0.1) is 0 Å². The van der Waals surface area contributed by atoms with E-state index in [0.29, 0.717) is 31.5 Å². The van der Waals surface area contributed by atoms with Gasteiger partial charge in [-0.05, 0) is 77.0 Å². The van der Waals surface area contributed by atoms with Crippen LogP contribution in [0.25, 0.3) is 0 Å². The lowest BCUT2D eigenvalue weighted by Gasteiger charge is -2.41. The van der Waals surface area contributed by atoms with Gasteiger partial charge >= 0.3 is 19.8 Å². The fourth-order valence-corrected chi connectivity index (χ4v) is 7.97. The van der Waals surface area contributed by atoms with Crippen LogP contribution in [0.1, 0.15) is 155 Å². The molecule has 1 aliphatic carbocycles. The first-order valence-corrected chi connectivity index (χ1v) is 25.4. The number of epoxide rings is 1. The molecule has 0 amide bonds. The van der Waals surface area contributed by atoms with Crippen LogP contribution >= 0.6 is 7.82 Å². The minimum absolute atomic E-state index is 0.0366. The second kappa shape index (κ2) is 35.4. The zero-order chi connectivity index (χ0) is 46.8. The molecular formula is C49H81O14P. The molecule has 1 saturated carbocycles. The molecule has 64 heavy (non-hydrogen) atoms. The van der Waals surface area contributed by atoms with Crippen LogP contribution in [-0.2, 0) is 37.4 Å². The highest BCUT2D eigenvalue weighted by atomic mass is 31.2. The van der Waals surface area contributed by atoms with Crippen LogP contribution in [0.2, 0.25) is 0 Å². The van der Waals surface area contributed by atoms with E-state index in [2.05, 4.69) is 68.5 Å². The number of ether oxygens (including phenoxy) is 3. The maximum Gasteiger partial charge on any atom is 0.472 e. The van der Waals surface area contributed by atoms with Gasteiger partial charge in [-0.15, -0.1) is 0 Å². The minimum atomic E-state index is -5.15. The lowest BCUT2D eigenvalue weighted by atomic mass is 9.85. The number of esters is 2. The van der Waals surface area contributed by atoms with Crippen molar-refractivity contribution in [1.29, 1.82) is 0 Å². The predicted octanol–water partition coefficient (Wildman–Crippen LogP) is 8.49. The van der Waals surface area contributed by atoms with Crippen molar-refractivity contribution in [2.24, 2.45) is 0 Å². The van der Waals surface area contributed by atoms with E-state index in [4.69, 9.17) is 23.3 Å². The molecule has 2 rings (SSSR count). The Labute approximate surface area is 382 Å². The summed E-state index contributed by atoms with van der Waals surface area (Å²) < 4.78 is 39.1. The highest BCUT2D eigenvalue weighted by Crippen LogP contribution is 2.47. The summed E-state index contributed by atoms with van der Waals surface area (Å²) in [5, 5.41) is 50.2. The Morgan fingerprint density at radius 1 is 0.562 bits per heavy atom. The second-order valence-corrected chi connectivity index (χ2v) is 18.0. The summed E-state index contributed by atoms with van der Waals surface area (Å²) in [6, 6.07) is 0. The molecule has 0 aromatic heterocycles. The standard InChI is InChI=1S/C49H81O14P/c1-3-5-7-8-9-10-11-12-13-14-18-21-24-27-31-35-42(50)59-37-39(38-60-64(57,58)63-49-47(55)45(53)44(52)46(54)48(49)56)61-43(51)36-32-28-25-22-19-16-15-17-20-23-26-30-34-41-40(62-41)33-29-6-4-2/h6,12-13,16-17,19-20,25-26,28-30,39-41,44-49,52-56H,3-5,7-11,14-15,18,21-24,27,31-38H2,1-2H3,(H,57,58). The van der Waals surface area contributed by atoms with Gasteiger partial charge < -0.3 is 44.6 Å². The molecular weight excluding hydrogens is 843 g/mol. The summed E-state index contributed by atoms with van der Waals surface area (Å²) >= 11 is 0. The molecule has 1 heterocycles. The largest absolute Gasteiger partial charge is 0.472 e. The van der Waals surface area contributed by atoms with Crippen LogP contribution in [0.3, 0.4) is 0 Å². The molecule has 366 valence electrons. The number of carbonyl (C=O) groups is 2. The highest BCUT2D eigenvalue weighted by molar-refractivity contribution is 7.47. The molecule has 8 atom stereocenters. The van der Waals surface area contributed by atoms with E-state index < -0.39 is 75.7 Å². The maximum atomic E-state index is 12.8. The Bertz CT molecular complexity index is 1460. The number of carbonyl (C=O) groups excluding carboxylic acids is 2. The number of hydrogen-bond acceptors (Lipinski definition) is 13. The number of aliphatic hydroxyl groups excluding tert-OH is 5. The van der Waals surface area contributed by atoms with Gasteiger partial charge in [-0.2, -0.15) is 0 Å². The number of hydrogen-bond donors (Lipinski definition) is 6.